The third kappa shape index (κ3) is 5.81. The van der Waals surface area contributed by atoms with E-state index in [-0.39, 0.29) is 11.3 Å². The average Bonchev–Trinajstić information content (AvgIpc) is 3.41. The first-order valence-corrected chi connectivity index (χ1v) is 10.9. The summed E-state index contributed by atoms with van der Waals surface area (Å²) in [4.78, 5) is 39.1. The molecule has 1 atom stereocenters. The van der Waals surface area contributed by atoms with Gasteiger partial charge in [-0.2, -0.15) is 0 Å². The molecule has 0 aliphatic carbocycles. The standard InChI is InChI=1S/C25H25N3O6/c1-17(23(29)26-20-8-10-21(11-9-20)28-12-15-32-16-13-28)34-25(31)18-4-6-19(7-5-18)27-24(30)22-3-2-14-33-22/h2-11,14,17H,12-13,15-16H2,1H3,(H,26,29)(H,27,30)/t17-/m0/s1. The fourth-order valence-corrected chi connectivity index (χ4v) is 3.39. The van der Waals surface area contributed by atoms with Crippen LogP contribution >= 0.6 is 0 Å². The number of anilines is 3. The normalized spacial score (nSPS) is 14.2. The van der Waals surface area contributed by atoms with Gasteiger partial charge in [-0.25, -0.2) is 4.79 Å². The van der Waals surface area contributed by atoms with E-state index in [2.05, 4.69) is 15.5 Å². The Morgan fingerprint density at radius 3 is 2.21 bits per heavy atom. The largest absolute Gasteiger partial charge is 0.459 e. The molecule has 0 radical (unpaired) electrons. The number of morpholine rings is 1. The van der Waals surface area contributed by atoms with Crippen LogP contribution in [0.1, 0.15) is 27.8 Å². The van der Waals surface area contributed by atoms with Crippen molar-refractivity contribution in [3.8, 4) is 0 Å². The number of hydrogen-bond donors (Lipinski definition) is 2. The lowest BCUT2D eigenvalue weighted by atomic mass is 10.2. The van der Waals surface area contributed by atoms with E-state index in [1.807, 2.05) is 24.3 Å². The Morgan fingerprint density at radius 2 is 1.56 bits per heavy atom. The van der Waals surface area contributed by atoms with E-state index in [0.717, 1.165) is 18.8 Å². The molecule has 0 spiro atoms. The van der Waals surface area contributed by atoms with Crippen LogP contribution in [0.25, 0.3) is 0 Å². The van der Waals surface area contributed by atoms with Gasteiger partial charge in [-0.3, -0.25) is 9.59 Å². The van der Waals surface area contributed by atoms with Crippen LogP contribution in [0.4, 0.5) is 17.1 Å². The Balaban J connectivity index is 1.27. The van der Waals surface area contributed by atoms with Crippen molar-refractivity contribution < 1.29 is 28.3 Å². The maximum atomic E-state index is 12.5. The number of hydrogen-bond acceptors (Lipinski definition) is 7. The van der Waals surface area contributed by atoms with Crippen LogP contribution in [0.5, 0.6) is 0 Å². The van der Waals surface area contributed by atoms with Crippen molar-refractivity contribution in [2.75, 3.05) is 41.8 Å². The molecule has 2 aromatic carbocycles. The Bertz CT molecular complexity index is 1120. The molecule has 1 saturated heterocycles. The van der Waals surface area contributed by atoms with Gasteiger partial charge in [-0.05, 0) is 67.6 Å². The molecule has 0 saturated carbocycles. The Labute approximate surface area is 196 Å². The van der Waals surface area contributed by atoms with Crippen LogP contribution in [0.3, 0.4) is 0 Å². The van der Waals surface area contributed by atoms with E-state index in [0.29, 0.717) is 24.6 Å². The monoisotopic (exact) mass is 463 g/mol. The minimum atomic E-state index is -0.996. The number of benzene rings is 2. The molecule has 0 bridgehead atoms. The number of rotatable bonds is 7. The molecule has 3 aromatic rings. The summed E-state index contributed by atoms with van der Waals surface area (Å²) in [5.74, 6) is -1.30. The molecule has 0 unspecified atom stereocenters. The lowest BCUT2D eigenvalue weighted by Crippen LogP contribution is -2.36. The van der Waals surface area contributed by atoms with Gasteiger partial charge in [0.25, 0.3) is 11.8 Å². The second kappa shape index (κ2) is 10.7. The van der Waals surface area contributed by atoms with Crippen LogP contribution in [0, 0.1) is 0 Å². The Kier molecular flexibility index (Phi) is 7.24. The van der Waals surface area contributed by atoms with Crippen LogP contribution in [-0.2, 0) is 14.3 Å². The second-order valence-corrected chi connectivity index (χ2v) is 7.69. The number of ether oxygens (including phenoxy) is 2. The molecule has 176 valence electrons. The first-order valence-electron chi connectivity index (χ1n) is 10.9. The molecule has 1 aromatic heterocycles. The quantitative estimate of drug-likeness (QED) is 0.516. The van der Waals surface area contributed by atoms with Crippen molar-refractivity contribution >= 4 is 34.8 Å². The zero-order chi connectivity index (χ0) is 23.9. The number of carbonyl (C=O) groups excluding carboxylic acids is 3. The maximum Gasteiger partial charge on any atom is 0.338 e. The van der Waals surface area contributed by atoms with E-state index >= 15 is 0 Å². The Morgan fingerprint density at radius 1 is 0.912 bits per heavy atom. The summed E-state index contributed by atoms with van der Waals surface area (Å²) in [5.41, 5.74) is 2.42. The van der Waals surface area contributed by atoms with Gasteiger partial charge >= 0.3 is 5.97 Å². The molecule has 34 heavy (non-hydrogen) atoms. The Hall–Kier alpha value is -4.11. The summed E-state index contributed by atoms with van der Waals surface area (Å²) in [6.45, 7) is 4.56. The minimum absolute atomic E-state index is 0.180. The van der Waals surface area contributed by atoms with E-state index in [1.165, 1.54) is 25.3 Å². The molecule has 2 heterocycles. The van der Waals surface area contributed by atoms with Crippen molar-refractivity contribution in [3.63, 3.8) is 0 Å². The van der Waals surface area contributed by atoms with Crippen molar-refractivity contribution in [3.05, 3.63) is 78.3 Å². The lowest BCUT2D eigenvalue weighted by molar-refractivity contribution is -0.123. The predicted octanol–water partition coefficient (Wildman–Crippen LogP) is 3.55. The number of carbonyl (C=O) groups is 3. The van der Waals surface area contributed by atoms with E-state index in [4.69, 9.17) is 13.9 Å². The summed E-state index contributed by atoms with van der Waals surface area (Å²) in [5, 5.41) is 5.42. The highest BCUT2D eigenvalue weighted by Gasteiger charge is 2.20. The average molecular weight is 463 g/mol. The SMILES string of the molecule is C[C@H](OC(=O)c1ccc(NC(=O)c2ccco2)cc1)C(=O)Nc1ccc(N2CCOCC2)cc1. The summed E-state index contributed by atoms with van der Waals surface area (Å²) < 4.78 is 15.7. The lowest BCUT2D eigenvalue weighted by Gasteiger charge is -2.28. The zero-order valence-corrected chi connectivity index (χ0v) is 18.7. The van der Waals surface area contributed by atoms with Gasteiger partial charge < -0.3 is 29.4 Å². The summed E-state index contributed by atoms with van der Waals surface area (Å²) in [6.07, 6.45) is 0.413. The fraction of sp³-hybridized carbons (Fsp3) is 0.240. The van der Waals surface area contributed by atoms with Gasteiger partial charge in [0.15, 0.2) is 11.9 Å². The third-order valence-electron chi connectivity index (χ3n) is 5.29. The van der Waals surface area contributed by atoms with Crippen molar-refractivity contribution in [2.24, 2.45) is 0 Å². The summed E-state index contributed by atoms with van der Waals surface area (Å²) >= 11 is 0. The molecule has 4 rings (SSSR count). The van der Waals surface area contributed by atoms with Crippen LogP contribution in [0.2, 0.25) is 0 Å². The van der Waals surface area contributed by atoms with Gasteiger partial charge in [0.05, 0.1) is 25.0 Å². The molecule has 1 aliphatic rings. The zero-order valence-electron chi connectivity index (χ0n) is 18.7. The van der Waals surface area contributed by atoms with Gasteiger partial charge in [-0.1, -0.05) is 0 Å². The molecular formula is C25H25N3O6. The molecule has 2 amide bonds. The van der Waals surface area contributed by atoms with Crippen LogP contribution < -0.4 is 15.5 Å². The number of nitrogens with zero attached hydrogens (tertiary/aromatic N) is 1. The summed E-state index contributed by atoms with van der Waals surface area (Å²) in [7, 11) is 0. The molecule has 1 fully saturated rings. The molecule has 1 aliphatic heterocycles. The van der Waals surface area contributed by atoms with Crippen molar-refractivity contribution in [1.82, 2.24) is 0 Å². The van der Waals surface area contributed by atoms with Gasteiger partial charge in [0, 0.05) is 30.2 Å². The van der Waals surface area contributed by atoms with Gasteiger partial charge in [0.2, 0.25) is 0 Å². The van der Waals surface area contributed by atoms with Crippen LogP contribution in [-0.4, -0.2) is 50.2 Å². The smallest absolute Gasteiger partial charge is 0.338 e. The fourth-order valence-electron chi connectivity index (χ4n) is 3.39. The van der Waals surface area contributed by atoms with Crippen molar-refractivity contribution in [1.29, 1.82) is 0 Å². The number of amides is 2. The van der Waals surface area contributed by atoms with E-state index in [9.17, 15) is 14.4 Å². The highest BCUT2D eigenvalue weighted by molar-refractivity contribution is 6.02. The molecule has 9 heteroatoms. The minimum Gasteiger partial charge on any atom is -0.459 e. The maximum absolute atomic E-state index is 12.5. The van der Waals surface area contributed by atoms with E-state index in [1.54, 1.807) is 24.3 Å². The van der Waals surface area contributed by atoms with E-state index < -0.39 is 23.9 Å². The van der Waals surface area contributed by atoms with Crippen molar-refractivity contribution in [2.45, 2.75) is 13.0 Å². The molecule has 2 N–H and O–H groups in total. The first-order chi connectivity index (χ1) is 16.5. The third-order valence-corrected chi connectivity index (χ3v) is 5.29. The highest BCUT2D eigenvalue weighted by Crippen LogP contribution is 2.19. The van der Waals surface area contributed by atoms with Gasteiger partial charge in [-0.15, -0.1) is 0 Å². The molecular weight excluding hydrogens is 438 g/mol. The number of esters is 1. The number of furan rings is 1. The topological polar surface area (TPSA) is 110 Å². The highest BCUT2D eigenvalue weighted by atomic mass is 16.5. The first kappa shape index (κ1) is 23.1. The molecule has 9 nitrogen and oxygen atoms in total. The predicted molar refractivity (Wildman–Crippen MR) is 126 cm³/mol. The summed E-state index contributed by atoms with van der Waals surface area (Å²) in [6, 6.07) is 16.8. The van der Waals surface area contributed by atoms with Crippen LogP contribution in [0.15, 0.2) is 71.3 Å². The van der Waals surface area contributed by atoms with Gasteiger partial charge in [0.1, 0.15) is 0 Å². The number of nitrogens with one attached hydrogen (secondary N) is 2. The second-order valence-electron chi connectivity index (χ2n) is 7.69.